The Kier molecular flexibility index (Phi) is 3.39. The molecule has 0 atom stereocenters. The lowest BCUT2D eigenvalue weighted by atomic mass is 9.82. The van der Waals surface area contributed by atoms with Gasteiger partial charge in [-0.1, -0.05) is 19.3 Å². The van der Waals surface area contributed by atoms with Gasteiger partial charge in [-0.2, -0.15) is 5.10 Å². The van der Waals surface area contributed by atoms with E-state index in [-0.39, 0.29) is 5.54 Å². The molecule has 1 aromatic heterocycles. The second-order valence-electron chi connectivity index (χ2n) is 4.73. The Labute approximate surface area is 96.6 Å². The molecule has 0 spiro atoms. The maximum Gasteiger partial charge on any atom is 0.149 e. The van der Waals surface area contributed by atoms with Crippen LogP contribution >= 0.6 is 0 Å². The van der Waals surface area contributed by atoms with E-state index in [4.69, 9.17) is 5.73 Å². The first-order valence-corrected chi connectivity index (χ1v) is 6.03. The lowest BCUT2D eigenvalue weighted by Crippen LogP contribution is -2.47. The first-order chi connectivity index (χ1) is 7.74. The van der Waals surface area contributed by atoms with Crippen molar-refractivity contribution in [2.75, 3.05) is 11.9 Å². The van der Waals surface area contributed by atoms with Gasteiger partial charge in [-0.25, -0.2) is 0 Å². The van der Waals surface area contributed by atoms with Crippen LogP contribution in [0.1, 0.15) is 37.8 Å². The van der Waals surface area contributed by atoms with E-state index >= 15 is 0 Å². The molecule has 4 nitrogen and oxygen atoms in total. The lowest BCUT2D eigenvalue weighted by molar-refractivity contribution is 0.330. The molecule has 3 N–H and O–H groups in total. The third kappa shape index (κ3) is 2.50. The van der Waals surface area contributed by atoms with E-state index in [1.54, 1.807) is 0 Å². The van der Waals surface area contributed by atoms with Gasteiger partial charge in [-0.3, -0.25) is 0 Å². The maximum atomic E-state index is 5.91. The summed E-state index contributed by atoms with van der Waals surface area (Å²) in [6.45, 7) is 2.61. The summed E-state index contributed by atoms with van der Waals surface area (Å²) in [6.07, 6.45) is 6.11. The molecule has 0 amide bonds. The monoisotopic (exact) mass is 220 g/mol. The van der Waals surface area contributed by atoms with Crippen LogP contribution in [-0.4, -0.2) is 22.3 Å². The fraction of sp³-hybridized carbons (Fsp3) is 0.667. The van der Waals surface area contributed by atoms with Crippen LogP contribution < -0.4 is 11.1 Å². The number of aryl methyl sites for hydroxylation is 1. The minimum atomic E-state index is 0.0438. The number of nitrogens with one attached hydrogen (secondary N) is 1. The zero-order chi connectivity index (χ0) is 11.4. The summed E-state index contributed by atoms with van der Waals surface area (Å²) in [5, 5.41) is 11.7. The Morgan fingerprint density at radius 1 is 1.25 bits per heavy atom. The number of hydrogen-bond acceptors (Lipinski definition) is 4. The molecule has 0 unspecified atom stereocenters. The fourth-order valence-corrected chi connectivity index (χ4v) is 2.35. The van der Waals surface area contributed by atoms with Crippen molar-refractivity contribution in [3.63, 3.8) is 0 Å². The SMILES string of the molecule is Cc1ccc(NC2(CN)CCCCC2)nn1. The second kappa shape index (κ2) is 4.78. The molecular weight excluding hydrogens is 200 g/mol. The topological polar surface area (TPSA) is 63.8 Å². The predicted octanol–water partition coefficient (Wildman–Crippen LogP) is 1.86. The Hall–Kier alpha value is -1.16. The molecule has 2 rings (SSSR count). The number of anilines is 1. The first kappa shape index (κ1) is 11.3. The highest BCUT2D eigenvalue weighted by molar-refractivity contribution is 5.37. The highest BCUT2D eigenvalue weighted by Crippen LogP contribution is 2.30. The zero-order valence-electron chi connectivity index (χ0n) is 9.87. The second-order valence-corrected chi connectivity index (χ2v) is 4.73. The summed E-state index contributed by atoms with van der Waals surface area (Å²) in [4.78, 5) is 0. The molecular formula is C12H20N4. The third-order valence-corrected chi connectivity index (χ3v) is 3.39. The van der Waals surface area contributed by atoms with Crippen molar-refractivity contribution in [2.24, 2.45) is 5.73 Å². The van der Waals surface area contributed by atoms with Crippen molar-refractivity contribution in [3.8, 4) is 0 Å². The highest BCUT2D eigenvalue weighted by atomic mass is 15.2. The van der Waals surface area contributed by atoms with Gasteiger partial charge in [0.25, 0.3) is 0 Å². The molecule has 0 bridgehead atoms. The summed E-state index contributed by atoms with van der Waals surface area (Å²) in [6, 6.07) is 3.96. The average Bonchev–Trinajstić information content (AvgIpc) is 2.33. The molecule has 0 aliphatic heterocycles. The van der Waals surface area contributed by atoms with E-state index < -0.39 is 0 Å². The van der Waals surface area contributed by atoms with Gasteiger partial charge in [0, 0.05) is 6.54 Å². The van der Waals surface area contributed by atoms with Crippen LogP contribution in [-0.2, 0) is 0 Å². The molecule has 4 heteroatoms. The van der Waals surface area contributed by atoms with Crippen LogP contribution in [0.25, 0.3) is 0 Å². The van der Waals surface area contributed by atoms with Crippen LogP contribution in [0.2, 0.25) is 0 Å². The van der Waals surface area contributed by atoms with Gasteiger partial charge in [-0.05, 0) is 31.9 Å². The van der Waals surface area contributed by atoms with E-state index in [1.807, 2.05) is 19.1 Å². The minimum Gasteiger partial charge on any atom is -0.362 e. The van der Waals surface area contributed by atoms with Crippen LogP contribution in [0.15, 0.2) is 12.1 Å². The molecule has 1 aliphatic carbocycles. The quantitative estimate of drug-likeness (QED) is 0.816. The normalized spacial score (nSPS) is 19.4. The van der Waals surface area contributed by atoms with Gasteiger partial charge in [0.2, 0.25) is 0 Å². The highest BCUT2D eigenvalue weighted by Gasteiger charge is 2.30. The summed E-state index contributed by atoms with van der Waals surface area (Å²) in [5.41, 5.74) is 6.89. The molecule has 88 valence electrons. The minimum absolute atomic E-state index is 0.0438. The summed E-state index contributed by atoms with van der Waals surface area (Å²) >= 11 is 0. The van der Waals surface area contributed by atoms with Gasteiger partial charge in [-0.15, -0.1) is 5.10 Å². The Bertz CT molecular complexity index is 327. The van der Waals surface area contributed by atoms with Gasteiger partial charge in [0.15, 0.2) is 0 Å². The Morgan fingerprint density at radius 2 is 2.00 bits per heavy atom. The van der Waals surface area contributed by atoms with Crippen molar-refractivity contribution in [2.45, 2.75) is 44.6 Å². The van der Waals surface area contributed by atoms with Gasteiger partial charge in [0.1, 0.15) is 5.82 Å². The van der Waals surface area contributed by atoms with E-state index in [1.165, 1.54) is 19.3 Å². The van der Waals surface area contributed by atoms with Crippen molar-refractivity contribution in [1.29, 1.82) is 0 Å². The van der Waals surface area contributed by atoms with E-state index in [9.17, 15) is 0 Å². The Morgan fingerprint density at radius 3 is 2.56 bits per heavy atom. The van der Waals surface area contributed by atoms with E-state index in [0.29, 0.717) is 6.54 Å². The molecule has 1 fully saturated rings. The summed E-state index contributed by atoms with van der Waals surface area (Å²) in [5.74, 6) is 0.845. The third-order valence-electron chi connectivity index (χ3n) is 3.39. The largest absolute Gasteiger partial charge is 0.362 e. The predicted molar refractivity (Wildman–Crippen MR) is 65.3 cm³/mol. The van der Waals surface area contributed by atoms with Crippen LogP contribution in [0.3, 0.4) is 0 Å². The Balaban J connectivity index is 2.08. The van der Waals surface area contributed by atoms with Gasteiger partial charge < -0.3 is 11.1 Å². The number of hydrogen-bond donors (Lipinski definition) is 2. The fourth-order valence-electron chi connectivity index (χ4n) is 2.35. The molecule has 0 saturated heterocycles. The van der Waals surface area contributed by atoms with Crippen molar-refractivity contribution < 1.29 is 0 Å². The van der Waals surface area contributed by atoms with Crippen LogP contribution in [0.4, 0.5) is 5.82 Å². The van der Waals surface area contributed by atoms with Crippen LogP contribution in [0, 0.1) is 6.92 Å². The lowest BCUT2D eigenvalue weighted by Gasteiger charge is -2.37. The van der Waals surface area contributed by atoms with Crippen molar-refractivity contribution in [1.82, 2.24) is 10.2 Å². The molecule has 16 heavy (non-hydrogen) atoms. The smallest absolute Gasteiger partial charge is 0.149 e. The van der Waals surface area contributed by atoms with Gasteiger partial charge >= 0.3 is 0 Å². The maximum absolute atomic E-state index is 5.91. The molecule has 0 radical (unpaired) electrons. The molecule has 1 aliphatic rings. The average molecular weight is 220 g/mol. The zero-order valence-corrected chi connectivity index (χ0v) is 9.87. The first-order valence-electron chi connectivity index (χ1n) is 6.03. The van der Waals surface area contributed by atoms with Crippen molar-refractivity contribution >= 4 is 5.82 Å². The van der Waals surface area contributed by atoms with E-state index in [2.05, 4.69) is 15.5 Å². The molecule has 1 saturated carbocycles. The number of nitrogens with two attached hydrogens (primary N) is 1. The molecule has 1 aromatic rings. The molecule has 0 aromatic carbocycles. The number of aromatic nitrogens is 2. The summed E-state index contributed by atoms with van der Waals surface area (Å²) < 4.78 is 0. The van der Waals surface area contributed by atoms with E-state index in [0.717, 1.165) is 24.4 Å². The number of rotatable bonds is 3. The standard InChI is InChI=1S/C12H20N4/c1-10-5-6-11(16-15-10)14-12(9-13)7-3-2-4-8-12/h5-6H,2-4,7-9,13H2,1H3,(H,14,16). The van der Waals surface area contributed by atoms with Gasteiger partial charge in [0.05, 0.1) is 11.2 Å². The van der Waals surface area contributed by atoms with Crippen molar-refractivity contribution in [3.05, 3.63) is 17.8 Å². The summed E-state index contributed by atoms with van der Waals surface area (Å²) in [7, 11) is 0. The molecule has 1 heterocycles. The van der Waals surface area contributed by atoms with Crippen LogP contribution in [0.5, 0.6) is 0 Å². The number of nitrogens with zero attached hydrogens (tertiary/aromatic N) is 2.